The molecule has 56 heavy (non-hydrogen) atoms. The molecule has 0 aliphatic carbocycles. The molecule has 0 amide bonds. The lowest BCUT2D eigenvalue weighted by Gasteiger charge is -2.21. The zero-order valence-electron chi connectivity index (χ0n) is 30.5. The molecule has 0 spiro atoms. The SMILES string of the molecule is c1ccc(-c2c3cc(-n4c5ccccc5c5ccccc54)ccc3c(-c3cccc4ccccc34)c3ccc(-n4c5ccccc5c5ccccc54)cc23)cc1. The average Bonchev–Trinajstić information content (AvgIpc) is 3.78. The van der Waals surface area contributed by atoms with Crippen LogP contribution in [0.3, 0.4) is 0 Å². The van der Waals surface area contributed by atoms with Gasteiger partial charge < -0.3 is 9.13 Å². The van der Waals surface area contributed by atoms with E-state index in [-0.39, 0.29) is 0 Å². The summed E-state index contributed by atoms with van der Waals surface area (Å²) in [6.07, 6.45) is 0. The predicted octanol–water partition coefficient (Wildman–Crippen LogP) is 14.7. The van der Waals surface area contributed by atoms with Gasteiger partial charge in [0.25, 0.3) is 0 Å². The minimum absolute atomic E-state index is 1.15. The van der Waals surface area contributed by atoms with Crippen molar-refractivity contribution in [1.82, 2.24) is 9.13 Å². The molecule has 0 saturated carbocycles. The van der Waals surface area contributed by atoms with E-state index in [1.54, 1.807) is 0 Å². The molecule has 0 atom stereocenters. The van der Waals surface area contributed by atoms with Crippen molar-refractivity contribution < 1.29 is 0 Å². The van der Waals surface area contributed by atoms with Gasteiger partial charge in [0.1, 0.15) is 0 Å². The fraction of sp³-hybridized carbons (Fsp3) is 0. The highest BCUT2D eigenvalue weighted by molar-refractivity contribution is 6.24. The van der Waals surface area contributed by atoms with Gasteiger partial charge in [-0.25, -0.2) is 0 Å². The second kappa shape index (κ2) is 12.0. The number of hydrogen-bond acceptors (Lipinski definition) is 0. The van der Waals surface area contributed by atoms with E-state index in [9.17, 15) is 0 Å². The molecule has 2 aromatic heterocycles. The van der Waals surface area contributed by atoms with Crippen LogP contribution in [0.25, 0.3) is 110 Å². The number of rotatable bonds is 4. The van der Waals surface area contributed by atoms with E-state index in [2.05, 4.69) is 215 Å². The maximum atomic E-state index is 2.44. The first kappa shape index (κ1) is 31.0. The average molecular weight is 711 g/mol. The maximum absolute atomic E-state index is 2.44. The Morgan fingerprint density at radius 2 is 0.661 bits per heavy atom. The molecule has 2 heteroatoms. The van der Waals surface area contributed by atoms with Crippen LogP contribution in [0.5, 0.6) is 0 Å². The Kier molecular flexibility index (Phi) is 6.66. The summed E-state index contributed by atoms with van der Waals surface area (Å²) in [5.74, 6) is 0. The van der Waals surface area contributed by atoms with Crippen LogP contribution in [0.15, 0.2) is 206 Å². The third-order valence-electron chi connectivity index (χ3n) is 11.9. The molecule has 0 bridgehead atoms. The first-order chi connectivity index (χ1) is 27.8. The molecular weight excluding hydrogens is 677 g/mol. The molecule has 12 rings (SSSR count). The smallest absolute Gasteiger partial charge is 0.0541 e. The third kappa shape index (κ3) is 4.44. The van der Waals surface area contributed by atoms with Crippen molar-refractivity contribution >= 4 is 75.9 Å². The lowest BCUT2D eigenvalue weighted by Crippen LogP contribution is -1.98. The van der Waals surface area contributed by atoms with E-state index in [1.165, 1.54) is 98.2 Å². The second-order valence-corrected chi connectivity index (χ2v) is 14.8. The van der Waals surface area contributed by atoms with Gasteiger partial charge in [0.2, 0.25) is 0 Å². The summed E-state index contributed by atoms with van der Waals surface area (Å²) in [6, 6.07) is 75.9. The monoisotopic (exact) mass is 710 g/mol. The normalized spacial score (nSPS) is 11.9. The van der Waals surface area contributed by atoms with Crippen molar-refractivity contribution in [3.8, 4) is 33.6 Å². The summed E-state index contributed by atoms with van der Waals surface area (Å²) < 4.78 is 4.88. The van der Waals surface area contributed by atoms with Gasteiger partial charge in [-0.15, -0.1) is 0 Å². The number of hydrogen-bond donors (Lipinski definition) is 0. The Bertz CT molecular complexity index is 3240. The number of benzene rings is 10. The molecule has 2 heterocycles. The van der Waals surface area contributed by atoms with Gasteiger partial charge in [0, 0.05) is 32.9 Å². The Labute approximate surface area is 323 Å². The van der Waals surface area contributed by atoms with Gasteiger partial charge in [0.05, 0.1) is 22.1 Å². The lowest BCUT2D eigenvalue weighted by atomic mass is 9.84. The Morgan fingerprint density at radius 1 is 0.250 bits per heavy atom. The molecule has 10 aromatic carbocycles. The summed E-state index contributed by atoms with van der Waals surface area (Å²) in [6.45, 7) is 0. The van der Waals surface area contributed by atoms with Gasteiger partial charge in [-0.2, -0.15) is 0 Å². The number of fused-ring (bicyclic) bond motifs is 9. The highest BCUT2D eigenvalue weighted by Gasteiger charge is 2.21. The topological polar surface area (TPSA) is 9.86 Å². The van der Waals surface area contributed by atoms with Gasteiger partial charge in [-0.3, -0.25) is 0 Å². The van der Waals surface area contributed by atoms with E-state index in [0.29, 0.717) is 0 Å². The van der Waals surface area contributed by atoms with Crippen LogP contribution in [0.1, 0.15) is 0 Å². The Morgan fingerprint density at radius 3 is 1.16 bits per heavy atom. The molecule has 0 radical (unpaired) electrons. The zero-order valence-corrected chi connectivity index (χ0v) is 30.5. The summed E-state index contributed by atoms with van der Waals surface area (Å²) in [5, 5.41) is 12.5. The van der Waals surface area contributed by atoms with E-state index in [1.807, 2.05) is 0 Å². The molecule has 0 aliphatic rings. The Hall–Kier alpha value is -7.42. The molecule has 0 N–H and O–H groups in total. The predicted molar refractivity (Wildman–Crippen MR) is 239 cm³/mol. The second-order valence-electron chi connectivity index (χ2n) is 14.8. The van der Waals surface area contributed by atoms with E-state index in [0.717, 1.165) is 11.4 Å². The van der Waals surface area contributed by atoms with Gasteiger partial charge >= 0.3 is 0 Å². The van der Waals surface area contributed by atoms with Crippen LogP contribution in [0.4, 0.5) is 0 Å². The molecule has 2 nitrogen and oxygen atoms in total. The van der Waals surface area contributed by atoms with Crippen LogP contribution in [-0.2, 0) is 0 Å². The van der Waals surface area contributed by atoms with Crippen LogP contribution < -0.4 is 0 Å². The van der Waals surface area contributed by atoms with Gasteiger partial charge in [0.15, 0.2) is 0 Å². The zero-order chi connectivity index (χ0) is 36.7. The van der Waals surface area contributed by atoms with Crippen molar-refractivity contribution in [3.05, 3.63) is 206 Å². The molecule has 0 saturated heterocycles. The maximum Gasteiger partial charge on any atom is 0.0541 e. The summed E-state index contributed by atoms with van der Waals surface area (Å²) in [5.41, 5.74) is 12.1. The number of aromatic nitrogens is 2. The lowest BCUT2D eigenvalue weighted by molar-refractivity contribution is 1.18. The molecular formula is C54H34N2. The molecule has 0 fully saturated rings. The van der Waals surface area contributed by atoms with Crippen LogP contribution in [0, 0.1) is 0 Å². The van der Waals surface area contributed by atoms with Crippen LogP contribution in [0.2, 0.25) is 0 Å². The highest BCUT2D eigenvalue weighted by atomic mass is 15.0. The molecule has 260 valence electrons. The summed E-state index contributed by atoms with van der Waals surface area (Å²) in [7, 11) is 0. The van der Waals surface area contributed by atoms with Crippen LogP contribution in [-0.4, -0.2) is 9.13 Å². The first-order valence-corrected chi connectivity index (χ1v) is 19.4. The van der Waals surface area contributed by atoms with E-state index in [4.69, 9.17) is 0 Å². The first-order valence-electron chi connectivity index (χ1n) is 19.4. The van der Waals surface area contributed by atoms with Gasteiger partial charge in [-0.05, 0) is 103 Å². The van der Waals surface area contributed by atoms with Crippen molar-refractivity contribution in [1.29, 1.82) is 0 Å². The quantitative estimate of drug-likeness (QED) is 0.161. The molecule has 12 aromatic rings. The van der Waals surface area contributed by atoms with Gasteiger partial charge in [-0.1, -0.05) is 158 Å². The Balaban J connectivity index is 1.26. The van der Waals surface area contributed by atoms with Crippen molar-refractivity contribution in [2.75, 3.05) is 0 Å². The number of nitrogens with zero attached hydrogens (tertiary/aromatic N) is 2. The fourth-order valence-electron chi connectivity index (χ4n) is 9.53. The minimum atomic E-state index is 1.15. The van der Waals surface area contributed by atoms with E-state index >= 15 is 0 Å². The van der Waals surface area contributed by atoms with Crippen molar-refractivity contribution in [2.45, 2.75) is 0 Å². The van der Waals surface area contributed by atoms with Crippen molar-refractivity contribution in [2.24, 2.45) is 0 Å². The highest BCUT2D eigenvalue weighted by Crippen LogP contribution is 2.47. The van der Waals surface area contributed by atoms with Crippen molar-refractivity contribution in [3.63, 3.8) is 0 Å². The van der Waals surface area contributed by atoms with E-state index < -0.39 is 0 Å². The molecule has 0 unspecified atom stereocenters. The molecule has 0 aliphatic heterocycles. The summed E-state index contributed by atoms with van der Waals surface area (Å²) in [4.78, 5) is 0. The number of para-hydroxylation sites is 4. The standard InChI is InChI=1S/C54H34N2/c1-2-16-36(17-3-1)53-47-33-37(55-49-25-10-6-20-40(49)41-21-7-11-26-50(41)55)29-31-45(47)54(44-24-14-18-35-15-4-5-19-39(35)44)46-32-30-38(34-48(46)53)56-51-27-12-8-22-42(51)43-23-9-13-28-52(43)56/h1-34H. The van der Waals surface area contributed by atoms with Crippen LogP contribution >= 0.6 is 0 Å². The largest absolute Gasteiger partial charge is 0.309 e. The fourth-order valence-corrected chi connectivity index (χ4v) is 9.53. The minimum Gasteiger partial charge on any atom is -0.309 e. The summed E-state index contributed by atoms with van der Waals surface area (Å²) >= 11 is 0. The third-order valence-corrected chi connectivity index (χ3v) is 11.9.